The largest absolute Gasteiger partial charge is 0.481 e. The summed E-state index contributed by atoms with van der Waals surface area (Å²) < 4.78 is 7.76. The molecule has 7 heteroatoms. The Morgan fingerprint density at radius 2 is 2.11 bits per heavy atom. The van der Waals surface area contributed by atoms with E-state index in [1.165, 1.54) is 6.20 Å². The Balaban J connectivity index is 2.22. The summed E-state index contributed by atoms with van der Waals surface area (Å²) in [4.78, 5) is 25.0. The zero-order valence-corrected chi connectivity index (χ0v) is 11.7. The van der Waals surface area contributed by atoms with Gasteiger partial charge in [0.05, 0.1) is 29.9 Å². The van der Waals surface area contributed by atoms with E-state index in [0.29, 0.717) is 5.69 Å². The van der Waals surface area contributed by atoms with E-state index < -0.39 is 11.5 Å². The maximum Gasteiger partial charge on any atom is 0.305 e. The van der Waals surface area contributed by atoms with Crippen LogP contribution >= 0.6 is 11.7 Å². The lowest BCUT2D eigenvalue weighted by atomic mass is 9.78. The summed E-state index contributed by atoms with van der Waals surface area (Å²) in [5.74, 6) is -1.10. The SMILES string of the molecule is CN(C(=O)c1cnsn1)C1(CC(=O)O)CCCCC1. The normalized spacial score (nSPS) is 17.9. The molecular formula is C12H17N3O3S. The van der Waals surface area contributed by atoms with Crippen LogP contribution < -0.4 is 0 Å². The lowest BCUT2D eigenvalue weighted by molar-refractivity contribution is -0.140. The Bertz CT molecular complexity index is 455. The van der Waals surface area contributed by atoms with Crippen LogP contribution in [0.1, 0.15) is 49.0 Å². The lowest BCUT2D eigenvalue weighted by Crippen LogP contribution is -2.52. The van der Waals surface area contributed by atoms with Gasteiger partial charge in [-0.2, -0.15) is 8.75 Å². The molecule has 0 bridgehead atoms. The first-order valence-corrected chi connectivity index (χ1v) is 7.06. The first kappa shape index (κ1) is 13.9. The predicted octanol–water partition coefficient (Wildman–Crippen LogP) is 1.79. The van der Waals surface area contributed by atoms with Crippen LogP contribution in [0.5, 0.6) is 0 Å². The Labute approximate surface area is 115 Å². The summed E-state index contributed by atoms with van der Waals surface area (Å²) in [5, 5.41) is 9.13. The maximum atomic E-state index is 12.3. The van der Waals surface area contributed by atoms with E-state index in [0.717, 1.165) is 43.8 Å². The molecular weight excluding hydrogens is 266 g/mol. The molecule has 1 aliphatic rings. The molecule has 0 aliphatic heterocycles. The van der Waals surface area contributed by atoms with E-state index in [-0.39, 0.29) is 12.3 Å². The number of hydrogen-bond donors (Lipinski definition) is 1. The molecule has 0 radical (unpaired) electrons. The number of nitrogens with zero attached hydrogens (tertiary/aromatic N) is 3. The number of carboxylic acid groups (broad SMARTS) is 1. The highest BCUT2D eigenvalue weighted by molar-refractivity contribution is 6.99. The minimum absolute atomic E-state index is 0.00714. The molecule has 1 N–H and O–H groups in total. The molecule has 1 aromatic heterocycles. The van der Waals surface area contributed by atoms with Crippen LogP contribution in [0.2, 0.25) is 0 Å². The third kappa shape index (κ3) is 2.91. The molecule has 1 aromatic rings. The highest BCUT2D eigenvalue weighted by Crippen LogP contribution is 2.36. The molecule has 104 valence electrons. The second kappa shape index (κ2) is 5.64. The van der Waals surface area contributed by atoms with Gasteiger partial charge in [-0.3, -0.25) is 9.59 Å². The summed E-state index contributed by atoms with van der Waals surface area (Å²) in [7, 11) is 1.68. The molecule has 1 fully saturated rings. The minimum Gasteiger partial charge on any atom is -0.481 e. The van der Waals surface area contributed by atoms with Gasteiger partial charge in [0.15, 0.2) is 5.69 Å². The van der Waals surface area contributed by atoms with E-state index in [1.54, 1.807) is 11.9 Å². The Morgan fingerprint density at radius 1 is 1.42 bits per heavy atom. The van der Waals surface area contributed by atoms with Gasteiger partial charge < -0.3 is 10.0 Å². The van der Waals surface area contributed by atoms with Crippen LogP contribution in [-0.2, 0) is 4.79 Å². The van der Waals surface area contributed by atoms with E-state index >= 15 is 0 Å². The van der Waals surface area contributed by atoms with Gasteiger partial charge in [0.1, 0.15) is 0 Å². The van der Waals surface area contributed by atoms with Gasteiger partial charge in [0, 0.05) is 7.05 Å². The van der Waals surface area contributed by atoms with Crippen molar-refractivity contribution in [2.45, 2.75) is 44.1 Å². The van der Waals surface area contributed by atoms with Crippen LogP contribution in [0.3, 0.4) is 0 Å². The van der Waals surface area contributed by atoms with Gasteiger partial charge in [-0.05, 0) is 12.8 Å². The molecule has 1 saturated carbocycles. The third-order valence-electron chi connectivity index (χ3n) is 3.86. The molecule has 1 amide bonds. The fourth-order valence-corrected chi connectivity index (χ4v) is 3.18. The lowest BCUT2D eigenvalue weighted by Gasteiger charge is -2.43. The number of carboxylic acids is 1. The average molecular weight is 283 g/mol. The smallest absolute Gasteiger partial charge is 0.305 e. The molecule has 2 rings (SSSR count). The summed E-state index contributed by atoms with van der Waals surface area (Å²) in [6, 6.07) is 0. The Hall–Kier alpha value is -1.50. The second-order valence-corrected chi connectivity index (χ2v) is 5.57. The van der Waals surface area contributed by atoms with Crippen molar-refractivity contribution in [3.8, 4) is 0 Å². The summed E-state index contributed by atoms with van der Waals surface area (Å²) >= 11 is 0.981. The van der Waals surface area contributed by atoms with E-state index in [9.17, 15) is 9.59 Å². The fourth-order valence-electron chi connectivity index (χ4n) is 2.77. The van der Waals surface area contributed by atoms with Crippen molar-refractivity contribution in [1.82, 2.24) is 13.6 Å². The molecule has 0 unspecified atom stereocenters. The van der Waals surface area contributed by atoms with Gasteiger partial charge in [-0.15, -0.1) is 0 Å². The summed E-state index contributed by atoms with van der Waals surface area (Å²) in [5.41, 5.74) is -0.284. The van der Waals surface area contributed by atoms with Crippen molar-refractivity contribution in [3.05, 3.63) is 11.9 Å². The predicted molar refractivity (Wildman–Crippen MR) is 70.1 cm³/mol. The monoisotopic (exact) mass is 283 g/mol. The Morgan fingerprint density at radius 3 is 2.63 bits per heavy atom. The van der Waals surface area contributed by atoms with Gasteiger partial charge in [0.2, 0.25) is 0 Å². The van der Waals surface area contributed by atoms with E-state index in [2.05, 4.69) is 8.75 Å². The number of rotatable bonds is 4. The van der Waals surface area contributed by atoms with Gasteiger partial charge in [0.25, 0.3) is 5.91 Å². The zero-order chi connectivity index (χ0) is 13.9. The molecule has 1 aliphatic carbocycles. The van der Waals surface area contributed by atoms with Crippen molar-refractivity contribution in [3.63, 3.8) is 0 Å². The van der Waals surface area contributed by atoms with Crippen molar-refractivity contribution in [2.24, 2.45) is 0 Å². The number of aromatic nitrogens is 2. The van der Waals surface area contributed by atoms with Gasteiger partial charge in [-0.25, -0.2) is 0 Å². The van der Waals surface area contributed by atoms with Crippen molar-refractivity contribution < 1.29 is 14.7 Å². The molecule has 6 nitrogen and oxygen atoms in total. The van der Waals surface area contributed by atoms with Crippen LogP contribution in [0, 0.1) is 0 Å². The van der Waals surface area contributed by atoms with Crippen molar-refractivity contribution in [1.29, 1.82) is 0 Å². The van der Waals surface area contributed by atoms with Crippen LogP contribution in [0.15, 0.2) is 6.20 Å². The number of amides is 1. The zero-order valence-electron chi connectivity index (χ0n) is 10.8. The molecule has 0 aromatic carbocycles. The van der Waals surface area contributed by atoms with E-state index in [1.807, 2.05) is 0 Å². The van der Waals surface area contributed by atoms with Crippen LogP contribution in [0.4, 0.5) is 0 Å². The highest BCUT2D eigenvalue weighted by Gasteiger charge is 2.41. The fraction of sp³-hybridized carbons (Fsp3) is 0.667. The topological polar surface area (TPSA) is 83.4 Å². The van der Waals surface area contributed by atoms with Crippen molar-refractivity contribution >= 4 is 23.6 Å². The van der Waals surface area contributed by atoms with Crippen LogP contribution in [0.25, 0.3) is 0 Å². The molecule has 0 atom stereocenters. The average Bonchev–Trinajstić information content (AvgIpc) is 2.91. The quantitative estimate of drug-likeness (QED) is 0.910. The van der Waals surface area contributed by atoms with Crippen LogP contribution in [-0.4, -0.2) is 43.2 Å². The van der Waals surface area contributed by atoms with Gasteiger partial charge >= 0.3 is 5.97 Å². The first-order valence-electron chi connectivity index (χ1n) is 6.33. The number of aliphatic carboxylic acids is 1. The number of carbonyl (C=O) groups is 2. The van der Waals surface area contributed by atoms with Crippen molar-refractivity contribution in [2.75, 3.05) is 7.05 Å². The van der Waals surface area contributed by atoms with E-state index in [4.69, 9.17) is 5.11 Å². The summed E-state index contributed by atoms with van der Waals surface area (Å²) in [6.07, 6.45) is 5.91. The number of carbonyl (C=O) groups excluding carboxylic acids is 1. The first-order chi connectivity index (χ1) is 9.05. The second-order valence-electron chi connectivity index (χ2n) is 5.01. The molecule has 0 spiro atoms. The number of hydrogen-bond acceptors (Lipinski definition) is 5. The summed E-state index contributed by atoms with van der Waals surface area (Å²) in [6.45, 7) is 0. The maximum absolute atomic E-state index is 12.3. The molecule has 19 heavy (non-hydrogen) atoms. The Kier molecular flexibility index (Phi) is 4.14. The minimum atomic E-state index is -0.863. The molecule has 0 saturated heterocycles. The third-order valence-corrected chi connectivity index (χ3v) is 4.34. The standard InChI is InChI=1S/C12H17N3O3S/c1-15(11(18)9-8-13-19-14-9)12(7-10(16)17)5-3-2-4-6-12/h8H,2-7H2,1H3,(H,16,17). The highest BCUT2D eigenvalue weighted by atomic mass is 32.1. The van der Waals surface area contributed by atoms with Gasteiger partial charge in [-0.1, -0.05) is 19.3 Å². The molecule has 1 heterocycles.